The number of nitrogens with two attached hydrogens (primary N) is 1. The van der Waals surface area contributed by atoms with Gasteiger partial charge in [-0.3, -0.25) is 0 Å². The van der Waals surface area contributed by atoms with Crippen molar-refractivity contribution in [1.82, 2.24) is 15.0 Å². The van der Waals surface area contributed by atoms with Crippen molar-refractivity contribution in [2.75, 3.05) is 22.5 Å². The first-order valence-electron chi connectivity index (χ1n) is 7.81. The lowest BCUT2D eigenvalue weighted by molar-refractivity contribution is 0.980. The molecule has 1 aromatic carbocycles. The molecule has 0 saturated carbocycles. The number of para-hydroxylation sites is 1. The number of hydrogen-bond acceptors (Lipinski definition) is 6. The number of nitrogens with one attached hydrogen (secondary N) is 1. The zero-order valence-electron chi connectivity index (χ0n) is 13.8. The van der Waals surface area contributed by atoms with Gasteiger partial charge in [-0.15, -0.1) is 0 Å². The summed E-state index contributed by atoms with van der Waals surface area (Å²) < 4.78 is 0. The van der Waals surface area contributed by atoms with Crippen LogP contribution in [0, 0.1) is 6.92 Å². The summed E-state index contributed by atoms with van der Waals surface area (Å²) in [6.07, 6.45) is 3.30. The summed E-state index contributed by atoms with van der Waals surface area (Å²) in [5.74, 6) is 1.92. The summed E-state index contributed by atoms with van der Waals surface area (Å²) in [5, 5.41) is 3.16. The van der Waals surface area contributed by atoms with Gasteiger partial charge in [0.15, 0.2) is 11.6 Å². The molecule has 3 aromatic rings. The van der Waals surface area contributed by atoms with Crippen LogP contribution in [-0.2, 0) is 0 Å². The molecule has 2 aromatic heterocycles. The average Bonchev–Trinajstić information content (AvgIpc) is 2.61. The van der Waals surface area contributed by atoms with Crippen LogP contribution in [0.25, 0.3) is 0 Å². The highest BCUT2D eigenvalue weighted by Gasteiger charge is 2.15. The molecule has 2 heterocycles. The molecular weight excluding hydrogens is 300 g/mol. The molecule has 0 radical (unpaired) electrons. The molecule has 0 aliphatic heterocycles. The molecule has 6 nitrogen and oxygen atoms in total. The van der Waals surface area contributed by atoms with E-state index in [9.17, 15) is 0 Å². The molecule has 0 unspecified atom stereocenters. The molecule has 0 aliphatic rings. The second-order valence-electron chi connectivity index (χ2n) is 5.39. The molecule has 0 bridgehead atoms. The Morgan fingerprint density at radius 2 is 1.83 bits per heavy atom. The van der Waals surface area contributed by atoms with Crippen molar-refractivity contribution < 1.29 is 0 Å². The smallest absolute Gasteiger partial charge is 0.161 e. The Balaban J connectivity index is 1.94. The van der Waals surface area contributed by atoms with Crippen molar-refractivity contribution in [1.29, 1.82) is 0 Å². The van der Waals surface area contributed by atoms with E-state index in [-0.39, 0.29) is 0 Å². The maximum atomic E-state index is 6.32. The number of rotatable bonds is 5. The number of aryl methyl sites for hydroxylation is 1. The number of nitrogen functional groups attached to an aromatic ring is 1. The molecule has 0 spiro atoms. The third-order valence-corrected chi connectivity index (χ3v) is 3.66. The monoisotopic (exact) mass is 320 g/mol. The summed E-state index contributed by atoms with van der Waals surface area (Å²) >= 11 is 0. The first-order valence-corrected chi connectivity index (χ1v) is 7.81. The second kappa shape index (κ2) is 6.95. The maximum absolute atomic E-state index is 6.32. The molecule has 0 atom stereocenters. The Hall–Kier alpha value is -3.15. The standard InChI is InChI=1S/C18H20N6/c1-3-24(14-7-5-4-6-8-14)18-16(19)17(21-12-22-18)23-15-10-9-13(2)11-20-15/h4-12H,3,19H2,1-2H3,(H,20,21,22,23). The highest BCUT2D eigenvalue weighted by molar-refractivity contribution is 5.80. The molecule has 6 heteroatoms. The molecule has 122 valence electrons. The van der Waals surface area contributed by atoms with Crippen LogP contribution in [0.5, 0.6) is 0 Å². The number of aromatic nitrogens is 3. The predicted molar refractivity (Wildman–Crippen MR) is 97.8 cm³/mol. The van der Waals surface area contributed by atoms with Gasteiger partial charge in [-0.2, -0.15) is 0 Å². The first-order chi connectivity index (χ1) is 11.7. The van der Waals surface area contributed by atoms with Crippen LogP contribution >= 0.6 is 0 Å². The van der Waals surface area contributed by atoms with Crippen molar-refractivity contribution in [2.45, 2.75) is 13.8 Å². The van der Waals surface area contributed by atoms with Crippen LogP contribution in [0.15, 0.2) is 55.0 Å². The van der Waals surface area contributed by atoms with Gasteiger partial charge in [0.25, 0.3) is 0 Å². The molecule has 0 amide bonds. The van der Waals surface area contributed by atoms with E-state index in [1.54, 1.807) is 6.20 Å². The van der Waals surface area contributed by atoms with Gasteiger partial charge in [0.1, 0.15) is 17.8 Å². The normalized spacial score (nSPS) is 10.4. The lowest BCUT2D eigenvalue weighted by atomic mass is 10.2. The number of anilines is 5. The Morgan fingerprint density at radius 3 is 2.50 bits per heavy atom. The van der Waals surface area contributed by atoms with Gasteiger partial charge in [0.2, 0.25) is 0 Å². The van der Waals surface area contributed by atoms with E-state index in [4.69, 9.17) is 5.73 Å². The molecular formula is C18H20N6. The molecule has 0 fully saturated rings. The first kappa shape index (κ1) is 15.7. The third-order valence-electron chi connectivity index (χ3n) is 3.66. The van der Waals surface area contributed by atoms with Gasteiger partial charge >= 0.3 is 0 Å². The fourth-order valence-corrected chi connectivity index (χ4v) is 2.43. The molecule has 0 aliphatic carbocycles. The van der Waals surface area contributed by atoms with Gasteiger partial charge in [-0.25, -0.2) is 15.0 Å². The van der Waals surface area contributed by atoms with Crippen molar-refractivity contribution in [3.63, 3.8) is 0 Å². The van der Waals surface area contributed by atoms with Crippen LogP contribution < -0.4 is 16.0 Å². The third kappa shape index (κ3) is 3.27. The Labute approximate surface area is 141 Å². The SMILES string of the molecule is CCN(c1ccccc1)c1ncnc(Nc2ccc(C)cn2)c1N. The van der Waals surface area contributed by atoms with Gasteiger partial charge in [-0.05, 0) is 37.6 Å². The van der Waals surface area contributed by atoms with Gasteiger partial charge in [0, 0.05) is 18.4 Å². The van der Waals surface area contributed by atoms with Crippen LogP contribution in [0.3, 0.4) is 0 Å². The average molecular weight is 320 g/mol. The lowest BCUT2D eigenvalue weighted by Crippen LogP contribution is -2.19. The minimum atomic E-state index is 0.491. The lowest BCUT2D eigenvalue weighted by Gasteiger charge is -2.24. The fourth-order valence-electron chi connectivity index (χ4n) is 2.43. The van der Waals surface area contributed by atoms with Crippen LogP contribution in [-0.4, -0.2) is 21.5 Å². The minimum Gasteiger partial charge on any atom is -0.393 e. The zero-order valence-corrected chi connectivity index (χ0v) is 13.8. The van der Waals surface area contributed by atoms with Crippen molar-refractivity contribution in [3.05, 3.63) is 60.6 Å². The van der Waals surface area contributed by atoms with E-state index in [2.05, 4.69) is 27.2 Å². The van der Waals surface area contributed by atoms with Crippen LogP contribution in [0.4, 0.5) is 28.8 Å². The molecule has 24 heavy (non-hydrogen) atoms. The Morgan fingerprint density at radius 1 is 1.04 bits per heavy atom. The number of nitrogens with zero attached hydrogens (tertiary/aromatic N) is 4. The van der Waals surface area contributed by atoms with Gasteiger partial charge in [0.05, 0.1) is 0 Å². The van der Waals surface area contributed by atoms with E-state index in [0.29, 0.717) is 23.1 Å². The van der Waals surface area contributed by atoms with E-state index in [1.807, 2.05) is 54.3 Å². The number of pyridine rings is 1. The highest BCUT2D eigenvalue weighted by atomic mass is 15.2. The second-order valence-corrected chi connectivity index (χ2v) is 5.39. The maximum Gasteiger partial charge on any atom is 0.161 e. The summed E-state index contributed by atoms with van der Waals surface area (Å²) in [7, 11) is 0. The van der Waals surface area contributed by atoms with E-state index in [0.717, 1.165) is 17.8 Å². The number of hydrogen-bond donors (Lipinski definition) is 2. The summed E-state index contributed by atoms with van der Waals surface area (Å²) in [4.78, 5) is 15.0. The van der Waals surface area contributed by atoms with Gasteiger partial charge in [-0.1, -0.05) is 24.3 Å². The highest BCUT2D eigenvalue weighted by Crippen LogP contribution is 2.32. The molecule has 3 rings (SSSR count). The van der Waals surface area contributed by atoms with Crippen LogP contribution in [0.1, 0.15) is 12.5 Å². The van der Waals surface area contributed by atoms with E-state index in [1.165, 1.54) is 6.33 Å². The minimum absolute atomic E-state index is 0.491. The zero-order chi connectivity index (χ0) is 16.9. The van der Waals surface area contributed by atoms with E-state index >= 15 is 0 Å². The summed E-state index contributed by atoms with van der Waals surface area (Å²) in [5.41, 5.74) is 8.94. The largest absolute Gasteiger partial charge is 0.393 e. The summed E-state index contributed by atoms with van der Waals surface area (Å²) in [6.45, 7) is 4.80. The summed E-state index contributed by atoms with van der Waals surface area (Å²) in [6, 6.07) is 13.9. The molecule has 3 N–H and O–H groups in total. The quantitative estimate of drug-likeness (QED) is 0.747. The van der Waals surface area contributed by atoms with Crippen molar-refractivity contribution in [3.8, 4) is 0 Å². The van der Waals surface area contributed by atoms with E-state index < -0.39 is 0 Å². The van der Waals surface area contributed by atoms with Crippen molar-refractivity contribution in [2.24, 2.45) is 0 Å². The van der Waals surface area contributed by atoms with Gasteiger partial charge < -0.3 is 16.0 Å². The predicted octanol–water partition coefficient (Wildman–Crippen LogP) is 3.66. The Kier molecular flexibility index (Phi) is 4.56. The number of benzene rings is 1. The van der Waals surface area contributed by atoms with Crippen LogP contribution in [0.2, 0.25) is 0 Å². The fraction of sp³-hybridized carbons (Fsp3) is 0.167. The van der Waals surface area contributed by atoms with Crippen molar-refractivity contribution >= 4 is 28.8 Å². The Bertz CT molecular complexity index is 801. The molecule has 0 saturated heterocycles. The topological polar surface area (TPSA) is 80.0 Å².